The van der Waals surface area contributed by atoms with Gasteiger partial charge in [0, 0.05) is 19.1 Å². The molecule has 2 aromatic carbocycles. The van der Waals surface area contributed by atoms with E-state index in [-0.39, 0.29) is 17.8 Å². The third kappa shape index (κ3) is 3.92. The van der Waals surface area contributed by atoms with Crippen LogP contribution < -0.4 is 5.73 Å². The molecule has 1 heterocycles. The normalized spacial score (nSPS) is 18.2. The smallest absolute Gasteiger partial charge is 0.243 e. The number of hydrogen-bond donors (Lipinski definition) is 1. The maximum absolute atomic E-state index is 13.0. The van der Waals surface area contributed by atoms with Crippen LogP contribution in [0, 0.1) is 18.7 Å². The molecule has 1 atom stereocenters. The molecule has 3 rings (SSSR count). The lowest BCUT2D eigenvalue weighted by Gasteiger charge is -2.34. The molecule has 1 fully saturated rings. The summed E-state index contributed by atoms with van der Waals surface area (Å²) in [5.41, 5.74) is 8.23. The van der Waals surface area contributed by atoms with Gasteiger partial charge in [0.25, 0.3) is 0 Å². The number of piperidine rings is 1. The number of benzene rings is 2. The van der Waals surface area contributed by atoms with Crippen LogP contribution in [0.5, 0.6) is 0 Å². The van der Waals surface area contributed by atoms with E-state index in [0.29, 0.717) is 30.8 Å². The predicted octanol–water partition coefficient (Wildman–Crippen LogP) is 3.23. The summed E-state index contributed by atoms with van der Waals surface area (Å²) >= 11 is 0. The van der Waals surface area contributed by atoms with Gasteiger partial charge in [0.2, 0.25) is 10.0 Å². The van der Waals surface area contributed by atoms with Crippen LogP contribution in [0.4, 0.5) is 4.39 Å². The van der Waals surface area contributed by atoms with Crippen molar-refractivity contribution in [3.63, 3.8) is 0 Å². The maximum atomic E-state index is 13.0. The molecule has 0 bridgehead atoms. The molecule has 1 aliphatic heterocycles. The number of sulfonamides is 1. The number of nitrogens with two attached hydrogens (primary N) is 1. The zero-order valence-electron chi connectivity index (χ0n) is 14.2. The monoisotopic (exact) mass is 362 g/mol. The van der Waals surface area contributed by atoms with Crippen molar-refractivity contribution >= 4 is 10.0 Å². The third-order valence-corrected chi connectivity index (χ3v) is 6.83. The third-order valence-electron chi connectivity index (χ3n) is 4.92. The fourth-order valence-corrected chi connectivity index (χ4v) is 4.76. The Bertz CT molecular complexity index is 812. The molecule has 6 heteroatoms. The van der Waals surface area contributed by atoms with E-state index in [1.807, 2.05) is 19.1 Å². The molecule has 0 aromatic heterocycles. The minimum Gasteiger partial charge on any atom is -0.324 e. The van der Waals surface area contributed by atoms with Gasteiger partial charge in [-0.2, -0.15) is 4.31 Å². The summed E-state index contributed by atoms with van der Waals surface area (Å²) in [7, 11) is -3.46. The van der Waals surface area contributed by atoms with Crippen LogP contribution in [0.2, 0.25) is 0 Å². The Morgan fingerprint density at radius 1 is 1.04 bits per heavy atom. The fourth-order valence-electron chi connectivity index (χ4n) is 3.29. The SMILES string of the molecule is Cc1ccc(S(=O)(=O)N2CCC([C@H](N)c3ccc(F)cc3)CC2)cc1. The van der Waals surface area contributed by atoms with Crippen molar-refractivity contribution in [1.82, 2.24) is 4.31 Å². The molecule has 0 radical (unpaired) electrons. The summed E-state index contributed by atoms with van der Waals surface area (Å²) in [6, 6.07) is 12.9. The summed E-state index contributed by atoms with van der Waals surface area (Å²) in [4.78, 5) is 0.333. The van der Waals surface area contributed by atoms with E-state index in [4.69, 9.17) is 5.73 Å². The van der Waals surface area contributed by atoms with Gasteiger partial charge >= 0.3 is 0 Å². The first-order valence-corrected chi connectivity index (χ1v) is 9.90. The topological polar surface area (TPSA) is 63.4 Å². The molecule has 1 aliphatic rings. The maximum Gasteiger partial charge on any atom is 0.243 e. The van der Waals surface area contributed by atoms with Gasteiger partial charge in [0.1, 0.15) is 5.82 Å². The van der Waals surface area contributed by atoms with Gasteiger partial charge < -0.3 is 5.73 Å². The summed E-state index contributed by atoms with van der Waals surface area (Å²) in [5.74, 6) is -0.0927. The van der Waals surface area contributed by atoms with Crippen molar-refractivity contribution in [2.24, 2.45) is 11.7 Å². The minimum absolute atomic E-state index is 0.190. The molecule has 1 saturated heterocycles. The van der Waals surface area contributed by atoms with Crippen LogP contribution >= 0.6 is 0 Å². The molecule has 0 spiro atoms. The van der Waals surface area contributed by atoms with Crippen molar-refractivity contribution in [3.05, 3.63) is 65.5 Å². The van der Waals surface area contributed by atoms with Crippen molar-refractivity contribution in [3.8, 4) is 0 Å². The second kappa shape index (κ2) is 7.23. The first-order chi connectivity index (χ1) is 11.9. The fraction of sp³-hybridized carbons (Fsp3) is 0.368. The van der Waals surface area contributed by atoms with E-state index >= 15 is 0 Å². The molecule has 4 nitrogen and oxygen atoms in total. The van der Waals surface area contributed by atoms with Crippen molar-refractivity contribution in [2.45, 2.75) is 30.7 Å². The Morgan fingerprint density at radius 3 is 2.16 bits per heavy atom. The summed E-state index contributed by atoms with van der Waals surface area (Å²) in [5, 5.41) is 0. The van der Waals surface area contributed by atoms with E-state index in [1.165, 1.54) is 16.4 Å². The summed E-state index contributed by atoms with van der Waals surface area (Å²) in [6.45, 7) is 2.84. The van der Waals surface area contributed by atoms with Crippen molar-refractivity contribution in [1.29, 1.82) is 0 Å². The zero-order valence-corrected chi connectivity index (χ0v) is 15.0. The van der Waals surface area contributed by atoms with Crippen molar-refractivity contribution < 1.29 is 12.8 Å². The summed E-state index contributed by atoms with van der Waals surface area (Å²) in [6.07, 6.45) is 1.40. The lowest BCUT2D eigenvalue weighted by Crippen LogP contribution is -2.40. The molecule has 0 amide bonds. The molecule has 2 N–H and O–H groups in total. The van der Waals surface area contributed by atoms with Crippen LogP contribution in [0.3, 0.4) is 0 Å². The minimum atomic E-state index is -3.46. The van der Waals surface area contributed by atoms with E-state index in [1.54, 1.807) is 24.3 Å². The number of halogens is 1. The first-order valence-electron chi connectivity index (χ1n) is 8.46. The van der Waals surface area contributed by atoms with Gasteiger partial charge in [-0.05, 0) is 55.5 Å². The lowest BCUT2D eigenvalue weighted by atomic mass is 9.86. The Balaban J connectivity index is 1.67. The Morgan fingerprint density at radius 2 is 1.60 bits per heavy atom. The van der Waals surface area contributed by atoms with Crippen molar-refractivity contribution in [2.75, 3.05) is 13.1 Å². The second-order valence-corrected chi connectivity index (χ2v) is 8.57. The number of nitrogens with zero attached hydrogens (tertiary/aromatic N) is 1. The molecule has 25 heavy (non-hydrogen) atoms. The van der Waals surface area contributed by atoms with Crippen LogP contribution in [-0.4, -0.2) is 25.8 Å². The van der Waals surface area contributed by atoms with Gasteiger partial charge in [0.15, 0.2) is 0 Å². The lowest BCUT2D eigenvalue weighted by molar-refractivity contribution is 0.245. The second-order valence-electron chi connectivity index (χ2n) is 6.63. The van der Waals surface area contributed by atoms with Crippen LogP contribution in [-0.2, 0) is 10.0 Å². The molecule has 0 saturated carbocycles. The molecule has 2 aromatic rings. The number of hydrogen-bond acceptors (Lipinski definition) is 3. The average Bonchev–Trinajstić information content (AvgIpc) is 2.62. The highest BCUT2D eigenvalue weighted by atomic mass is 32.2. The molecule has 134 valence electrons. The summed E-state index contributed by atoms with van der Waals surface area (Å²) < 4.78 is 40.1. The van der Waals surface area contributed by atoms with Gasteiger partial charge in [-0.15, -0.1) is 0 Å². The molecular weight excluding hydrogens is 339 g/mol. The Hall–Kier alpha value is -1.76. The Labute approximate surface area is 148 Å². The van der Waals surface area contributed by atoms with Crippen LogP contribution in [0.15, 0.2) is 53.4 Å². The molecular formula is C19H23FN2O2S. The van der Waals surface area contributed by atoms with Gasteiger partial charge in [0.05, 0.1) is 4.90 Å². The number of rotatable bonds is 4. The highest BCUT2D eigenvalue weighted by Crippen LogP contribution is 2.31. The largest absolute Gasteiger partial charge is 0.324 e. The van der Waals surface area contributed by atoms with E-state index in [9.17, 15) is 12.8 Å². The predicted molar refractivity (Wildman–Crippen MR) is 96.0 cm³/mol. The van der Waals surface area contributed by atoms with Crippen LogP contribution in [0.25, 0.3) is 0 Å². The van der Waals surface area contributed by atoms with Crippen LogP contribution in [0.1, 0.15) is 30.0 Å². The standard InChI is InChI=1S/C19H23FN2O2S/c1-14-2-8-18(9-3-14)25(23,24)22-12-10-16(11-13-22)19(21)15-4-6-17(20)7-5-15/h2-9,16,19H,10-13,21H2,1H3/t19-/m1/s1. The molecule has 0 unspecified atom stereocenters. The average molecular weight is 362 g/mol. The van der Waals surface area contributed by atoms with E-state index in [2.05, 4.69) is 0 Å². The van der Waals surface area contributed by atoms with Gasteiger partial charge in [-0.3, -0.25) is 0 Å². The molecule has 0 aliphatic carbocycles. The highest BCUT2D eigenvalue weighted by molar-refractivity contribution is 7.89. The first kappa shape index (κ1) is 18.0. The van der Waals surface area contributed by atoms with E-state index in [0.717, 1.165) is 11.1 Å². The highest BCUT2D eigenvalue weighted by Gasteiger charge is 2.31. The van der Waals surface area contributed by atoms with Gasteiger partial charge in [-0.25, -0.2) is 12.8 Å². The zero-order chi connectivity index (χ0) is 18.0. The van der Waals surface area contributed by atoms with E-state index < -0.39 is 10.0 Å². The van der Waals surface area contributed by atoms with Gasteiger partial charge in [-0.1, -0.05) is 29.8 Å². The quantitative estimate of drug-likeness (QED) is 0.908. The Kier molecular flexibility index (Phi) is 5.22. The number of aryl methyl sites for hydroxylation is 1.